The number of aromatic amines is 1. The van der Waals surface area contributed by atoms with Crippen molar-refractivity contribution in [3.8, 4) is 17.2 Å². The van der Waals surface area contributed by atoms with Gasteiger partial charge < -0.3 is 24.5 Å². The van der Waals surface area contributed by atoms with E-state index in [-0.39, 0.29) is 6.04 Å². The summed E-state index contributed by atoms with van der Waals surface area (Å²) in [5, 5.41) is 4.85. The number of benzene rings is 2. The third-order valence-electron chi connectivity index (χ3n) is 4.90. The van der Waals surface area contributed by atoms with Crippen LogP contribution in [0, 0.1) is 0 Å². The largest absolute Gasteiger partial charge is 0.497 e. The Morgan fingerprint density at radius 3 is 2.52 bits per heavy atom. The van der Waals surface area contributed by atoms with Crippen molar-refractivity contribution in [3.05, 3.63) is 53.2 Å². The van der Waals surface area contributed by atoms with Crippen LogP contribution in [0.3, 0.4) is 0 Å². The summed E-state index contributed by atoms with van der Waals surface area (Å²) in [6, 6.07) is 12.4. The number of hydrogen-bond acceptors (Lipinski definition) is 4. The Kier molecular flexibility index (Phi) is 4.01. The molecule has 0 bridgehead atoms. The average molecular weight is 338 g/mol. The lowest BCUT2D eigenvalue weighted by Crippen LogP contribution is -2.30. The molecule has 2 N–H and O–H groups in total. The Hall–Kier alpha value is -2.66. The minimum absolute atomic E-state index is 0.0990. The number of fused-ring (bicyclic) bond motifs is 3. The van der Waals surface area contributed by atoms with Gasteiger partial charge in [0.2, 0.25) is 0 Å². The Morgan fingerprint density at radius 1 is 0.920 bits per heavy atom. The highest BCUT2D eigenvalue weighted by molar-refractivity contribution is 5.86. The smallest absolute Gasteiger partial charge is 0.161 e. The molecular weight excluding hydrogens is 316 g/mol. The van der Waals surface area contributed by atoms with E-state index in [1.165, 1.54) is 16.6 Å². The van der Waals surface area contributed by atoms with Crippen molar-refractivity contribution in [2.24, 2.45) is 0 Å². The maximum absolute atomic E-state index is 5.47. The molecule has 0 amide bonds. The molecule has 1 aliphatic rings. The number of aromatic nitrogens is 1. The van der Waals surface area contributed by atoms with Gasteiger partial charge in [0.25, 0.3) is 0 Å². The molecule has 0 saturated carbocycles. The van der Waals surface area contributed by atoms with Crippen molar-refractivity contribution in [2.75, 3.05) is 27.9 Å². The summed E-state index contributed by atoms with van der Waals surface area (Å²) in [6.07, 6.45) is 0.992. The molecule has 0 saturated heterocycles. The van der Waals surface area contributed by atoms with Gasteiger partial charge in [-0.3, -0.25) is 0 Å². The zero-order valence-corrected chi connectivity index (χ0v) is 14.7. The van der Waals surface area contributed by atoms with E-state index in [2.05, 4.69) is 28.5 Å². The maximum atomic E-state index is 5.47. The topological polar surface area (TPSA) is 55.5 Å². The number of methoxy groups -OCH3 is 3. The predicted molar refractivity (Wildman–Crippen MR) is 97.9 cm³/mol. The molecule has 1 atom stereocenters. The summed E-state index contributed by atoms with van der Waals surface area (Å²) >= 11 is 0. The van der Waals surface area contributed by atoms with Crippen molar-refractivity contribution >= 4 is 10.9 Å². The van der Waals surface area contributed by atoms with Crippen LogP contribution in [0.5, 0.6) is 17.2 Å². The molecule has 2 heterocycles. The third kappa shape index (κ3) is 2.61. The highest BCUT2D eigenvalue weighted by atomic mass is 16.5. The summed E-state index contributed by atoms with van der Waals surface area (Å²) in [4.78, 5) is 3.59. The number of hydrogen-bond donors (Lipinski definition) is 2. The zero-order valence-electron chi connectivity index (χ0n) is 14.7. The van der Waals surface area contributed by atoms with Crippen LogP contribution in [0.2, 0.25) is 0 Å². The molecule has 1 aromatic heterocycles. The summed E-state index contributed by atoms with van der Waals surface area (Å²) in [7, 11) is 5.02. The lowest BCUT2D eigenvalue weighted by molar-refractivity contribution is 0.354. The van der Waals surface area contributed by atoms with Gasteiger partial charge in [0, 0.05) is 23.1 Å². The van der Waals surface area contributed by atoms with Crippen LogP contribution in [0.4, 0.5) is 0 Å². The number of ether oxygens (including phenoxy) is 3. The van der Waals surface area contributed by atoms with Crippen LogP contribution in [0.15, 0.2) is 36.4 Å². The minimum Gasteiger partial charge on any atom is -0.497 e. The van der Waals surface area contributed by atoms with Gasteiger partial charge in [-0.2, -0.15) is 0 Å². The molecule has 25 heavy (non-hydrogen) atoms. The van der Waals surface area contributed by atoms with Crippen molar-refractivity contribution in [1.82, 2.24) is 10.3 Å². The van der Waals surface area contributed by atoms with Gasteiger partial charge in [0.05, 0.1) is 27.4 Å². The molecule has 0 unspecified atom stereocenters. The normalized spacial score (nSPS) is 16.5. The molecule has 130 valence electrons. The molecule has 4 rings (SSSR count). The Bertz CT molecular complexity index is 917. The Morgan fingerprint density at radius 2 is 1.76 bits per heavy atom. The predicted octanol–water partition coefficient (Wildman–Crippen LogP) is 3.43. The van der Waals surface area contributed by atoms with Crippen LogP contribution in [0.1, 0.15) is 22.9 Å². The number of nitrogens with one attached hydrogen (secondary N) is 2. The first-order chi connectivity index (χ1) is 12.2. The average Bonchev–Trinajstić information content (AvgIpc) is 3.05. The molecule has 3 aromatic rings. The molecular formula is C20H22N2O3. The van der Waals surface area contributed by atoms with Gasteiger partial charge in [0.15, 0.2) is 11.5 Å². The van der Waals surface area contributed by atoms with Crippen molar-refractivity contribution in [3.63, 3.8) is 0 Å². The Labute approximate surface area is 146 Å². The molecule has 1 aliphatic heterocycles. The van der Waals surface area contributed by atoms with Gasteiger partial charge in [-0.15, -0.1) is 0 Å². The number of H-pyrrole nitrogens is 1. The van der Waals surface area contributed by atoms with Gasteiger partial charge in [-0.1, -0.05) is 6.07 Å². The van der Waals surface area contributed by atoms with E-state index in [9.17, 15) is 0 Å². The van der Waals surface area contributed by atoms with Crippen LogP contribution < -0.4 is 19.5 Å². The van der Waals surface area contributed by atoms with Crippen LogP contribution in [-0.2, 0) is 6.42 Å². The van der Waals surface area contributed by atoms with Crippen LogP contribution >= 0.6 is 0 Å². The third-order valence-corrected chi connectivity index (χ3v) is 4.90. The second-order valence-electron chi connectivity index (χ2n) is 6.18. The number of rotatable bonds is 4. The second kappa shape index (κ2) is 6.33. The van der Waals surface area contributed by atoms with Crippen LogP contribution in [-0.4, -0.2) is 32.9 Å². The van der Waals surface area contributed by atoms with Gasteiger partial charge in [0.1, 0.15) is 5.75 Å². The molecule has 2 aromatic carbocycles. The highest BCUT2D eigenvalue weighted by Crippen LogP contribution is 2.37. The van der Waals surface area contributed by atoms with E-state index in [1.807, 2.05) is 18.2 Å². The molecule has 5 heteroatoms. The zero-order chi connectivity index (χ0) is 17.4. The summed E-state index contributed by atoms with van der Waals surface area (Å²) < 4.78 is 16.2. The summed E-state index contributed by atoms with van der Waals surface area (Å²) in [5.74, 6) is 2.37. The first-order valence-electron chi connectivity index (χ1n) is 8.39. The fraction of sp³-hybridized carbons (Fsp3) is 0.300. The minimum atomic E-state index is 0.0990. The fourth-order valence-electron chi connectivity index (χ4n) is 3.65. The molecule has 0 radical (unpaired) electrons. The molecule has 5 nitrogen and oxygen atoms in total. The van der Waals surface area contributed by atoms with Crippen molar-refractivity contribution in [2.45, 2.75) is 12.5 Å². The lowest BCUT2D eigenvalue weighted by Gasteiger charge is -2.25. The van der Waals surface area contributed by atoms with Crippen molar-refractivity contribution < 1.29 is 14.2 Å². The lowest BCUT2D eigenvalue weighted by atomic mass is 9.94. The highest BCUT2D eigenvalue weighted by Gasteiger charge is 2.26. The SMILES string of the molecule is COc1ccc2[nH]c3c(c2c1)CCN[C@@H]3c1ccc(OC)c(OC)c1. The standard InChI is InChI=1S/C20H22N2O3/c1-23-13-5-6-16-15(11-13)14-8-9-21-19(20(14)22-16)12-4-7-17(24-2)18(10-12)25-3/h4-7,10-11,19,21-22H,8-9H2,1-3H3/t19-/m1/s1. The summed E-state index contributed by atoms with van der Waals surface area (Å²) in [6.45, 7) is 0.927. The Balaban J connectivity index is 1.82. The first-order valence-corrected chi connectivity index (χ1v) is 8.39. The molecule has 0 spiro atoms. The monoisotopic (exact) mass is 338 g/mol. The van der Waals surface area contributed by atoms with E-state index in [1.54, 1.807) is 21.3 Å². The van der Waals surface area contributed by atoms with Gasteiger partial charge in [-0.25, -0.2) is 0 Å². The van der Waals surface area contributed by atoms with E-state index in [0.717, 1.165) is 41.3 Å². The van der Waals surface area contributed by atoms with Gasteiger partial charge in [-0.05, 0) is 47.9 Å². The van der Waals surface area contributed by atoms with E-state index in [4.69, 9.17) is 14.2 Å². The summed E-state index contributed by atoms with van der Waals surface area (Å²) in [5.41, 5.74) is 4.85. The first kappa shape index (κ1) is 15.8. The molecule has 0 aliphatic carbocycles. The van der Waals surface area contributed by atoms with E-state index >= 15 is 0 Å². The second-order valence-corrected chi connectivity index (χ2v) is 6.18. The van der Waals surface area contributed by atoms with Crippen molar-refractivity contribution in [1.29, 1.82) is 0 Å². The van der Waals surface area contributed by atoms with Gasteiger partial charge >= 0.3 is 0 Å². The quantitative estimate of drug-likeness (QED) is 0.765. The van der Waals surface area contributed by atoms with E-state index < -0.39 is 0 Å². The fourth-order valence-corrected chi connectivity index (χ4v) is 3.65. The molecule has 0 fully saturated rings. The maximum Gasteiger partial charge on any atom is 0.161 e. The van der Waals surface area contributed by atoms with E-state index in [0.29, 0.717) is 0 Å². The van der Waals surface area contributed by atoms with Crippen LogP contribution in [0.25, 0.3) is 10.9 Å².